The summed E-state index contributed by atoms with van der Waals surface area (Å²) >= 11 is 0. The number of unbranched alkanes of at least 4 members (excludes halogenated alkanes) is 11. The van der Waals surface area contributed by atoms with E-state index in [2.05, 4.69) is 38.2 Å². The normalized spacial score (nSPS) is 11.9. The zero-order valence-corrected chi connectivity index (χ0v) is 14.2. The first kappa shape index (κ1) is 19.5. The number of hydrogen-bond donors (Lipinski definition) is 0. The Kier molecular flexibility index (Phi) is 18.0. The summed E-state index contributed by atoms with van der Waals surface area (Å²) in [6.45, 7) is 4.55. The molecule has 0 aliphatic rings. The van der Waals surface area contributed by atoms with Gasteiger partial charge in [0.2, 0.25) is 0 Å². The summed E-state index contributed by atoms with van der Waals surface area (Å²) in [6.07, 6.45) is 28.5. The van der Waals surface area contributed by atoms with Gasteiger partial charge >= 0.3 is 0 Å². The first-order valence-electron chi connectivity index (χ1n) is 9.21. The molecule has 0 atom stereocenters. The van der Waals surface area contributed by atoms with Crippen LogP contribution in [0.2, 0.25) is 0 Å². The molecule has 0 fully saturated rings. The van der Waals surface area contributed by atoms with Crippen LogP contribution in [0.5, 0.6) is 0 Å². The molecule has 0 spiro atoms. The zero-order valence-electron chi connectivity index (χ0n) is 14.2. The molecule has 0 unspecified atom stereocenters. The van der Waals surface area contributed by atoms with Gasteiger partial charge in [-0.05, 0) is 51.4 Å². The van der Waals surface area contributed by atoms with E-state index in [0.29, 0.717) is 0 Å². The fourth-order valence-corrected chi connectivity index (χ4v) is 2.37. The van der Waals surface area contributed by atoms with Crippen LogP contribution in [0, 0.1) is 0 Å². The smallest absolute Gasteiger partial charge is 0.0351 e. The average molecular weight is 279 g/mol. The van der Waals surface area contributed by atoms with Crippen molar-refractivity contribution in [1.82, 2.24) is 0 Å². The van der Waals surface area contributed by atoms with E-state index in [0.717, 1.165) is 0 Å². The molecule has 0 heterocycles. The lowest BCUT2D eigenvalue weighted by Crippen LogP contribution is -1.76. The van der Waals surface area contributed by atoms with E-state index >= 15 is 0 Å². The van der Waals surface area contributed by atoms with Gasteiger partial charge in [-0.3, -0.25) is 0 Å². The van der Waals surface area contributed by atoms with Gasteiger partial charge in [0.25, 0.3) is 0 Å². The van der Waals surface area contributed by atoms with Crippen molar-refractivity contribution in [2.24, 2.45) is 0 Å². The van der Waals surface area contributed by atoms with E-state index in [1.54, 1.807) is 0 Å². The zero-order chi connectivity index (χ0) is 14.7. The molecule has 0 aliphatic heterocycles. The molecule has 0 aromatic carbocycles. The molecule has 0 aliphatic carbocycles. The molecule has 0 rings (SSSR count). The maximum atomic E-state index is 2.39. The van der Waals surface area contributed by atoms with Crippen LogP contribution in [0.4, 0.5) is 0 Å². The molecule has 118 valence electrons. The van der Waals surface area contributed by atoms with Crippen molar-refractivity contribution < 1.29 is 0 Å². The fourth-order valence-electron chi connectivity index (χ4n) is 2.37. The molecular formula is C20H38. The van der Waals surface area contributed by atoms with E-state index < -0.39 is 0 Å². The van der Waals surface area contributed by atoms with Crippen molar-refractivity contribution >= 4 is 0 Å². The topological polar surface area (TPSA) is 0 Å². The Hall–Kier alpha value is -0.520. The van der Waals surface area contributed by atoms with Gasteiger partial charge in [-0.15, -0.1) is 0 Å². The SMILES string of the molecule is CCCCCC/C=C/CCCC/C=C/CCCCCC. The highest BCUT2D eigenvalue weighted by Gasteiger charge is 1.87. The van der Waals surface area contributed by atoms with E-state index in [9.17, 15) is 0 Å². The minimum absolute atomic E-state index is 1.28. The highest BCUT2D eigenvalue weighted by molar-refractivity contribution is 4.83. The molecule has 0 aromatic heterocycles. The Bertz CT molecular complexity index is 188. The predicted molar refractivity (Wildman–Crippen MR) is 94.3 cm³/mol. The highest BCUT2D eigenvalue weighted by Crippen LogP contribution is 2.07. The van der Waals surface area contributed by atoms with Crippen molar-refractivity contribution in [3.63, 3.8) is 0 Å². The lowest BCUT2D eigenvalue weighted by Gasteiger charge is -1.96. The summed E-state index contributed by atoms with van der Waals surface area (Å²) in [4.78, 5) is 0. The largest absolute Gasteiger partial charge is 0.0885 e. The van der Waals surface area contributed by atoms with E-state index in [1.165, 1.54) is 89.9 Å². The van der Waals surface area contributed by atoms with E-state index in [-0.39, 0.29) is 0 Å². The van der Waals surface area contributed by atoms with Crippen molar-refractivity contribution in [2.75, 3.05) is 0 Å². The first-order valence-corrected chi connectivity index (χ1v) is 9.21. The number of hydrogen-bond acceptors (Lipinski definition) is 0. The summed E-state index contributed by atoms with van der Waals surface area (Å²) in [5.74, 6) is 0. The molecule has 0 aromatic rings. The van der Waals surface area contributed by atoms with Crippen LogP contribution in [0.25, 0.3) is 0 Å². The van der Waals surface area contributed by atoms with Crippen LogP contribution in [0.1, 0.15) is 104 Å². The summed E-state index contributed by atoms with van der Waals surface area (Å²) in [6, 6.07) is 0. The summed E-state index contributed by atoms with van der Waals surface area (Å²) < 4.78 is 0. The van der Waals surface area contributed by atoms with Crippen molar-refractivity contribution in [1.29, 1.82) is 0 Å². The van der Waals surface area contributed by atoms with E-state index in [1.807, 2.05) is 0 Å². The fraction of sp³-hybridized carbons (Fsp3) is 0.800. The monoisotopic (exact) mass is 278 g/mol. The Balaban J connectivity index is 3.11. The van der Waals surface area contributed by atoms with Crippen molar-refractivity contribution in [3.05, 3.63) is 24.3 Å². The summed E-state index contributed by atoms with van der Waals surface area (Å²) in [5, 5.41) is 0. The second-order valence-electron chi connectivity index (χ2n) is 5.93. The van der Waals surface area contributed by atoms with Gasteiger partial charge in [0.1, 0.15) is 0 Å². The second-order valence-corrected chi connectivity index (χ2v) is 5.93. The van der Waals surface area contributed by atoms with Gasteiger partial charge in [0.05, 0.1) is 0 Å². The Labute approximate surface area is 128 Å². The van der Waals surface area contributed by atoms with Gasteiger partial charge in [0, 0.05) is 0 Å². The Morgan fingerprint density at radius 1 is 0.400 bits per heavy atom. The van der Waals surface area contributed by atoms with E-state index in [4.69, 9.17) is 0 Å². The number of allylic oxidation sites excluding steroid dienone is 4. The molecule has 0 heteroatoms. The molecule has 0 saturated carbocycles. The standard InChI is InChI=1S/C20H38/c1-3-5-7-9-11-13-15-17-19-20-18-16-14-12-10-8-6-4-2/h13-16H,3-12,17-20H2,1-2H3/b15-13+,16-14+. The lowest BCUT2D eigenvalue weighted by atomic mass is 10.1. The highest BCUT2D eigenvalue weighted by atomic mass is 13.9. The third kappa shape index (κ3) is 17.5. The van der Waals surface area contributed by atoms with Crippen LogP contribution in [-0.2, 0) is 0 Å². The van der Waals surface area contributed by atoms with Crippen LogP contribution in [-0.4, -0.2) is 0 Å². The van der Waals surface area contributed by atoms with Crippen LogP contribution >= 0.6 is 0 Å². The third-order valence-corrected chi connectivity index (χ3v) is 3.77. The molecule has 0 N–H and O–H groups in total. The van der Waals surface area contributed by atoms with Gasteiger partial charge < -0.3 is 0 Å². The average Bonchev–Trinajstić information content (AvgIpc) is 2.47. The first-order chi connectivity index (χ1) is 9.91. The molecule has 0 amide bonds. The molecule has 0 nitrogen and oxygen atoms in total. The molecule has 0 radical (unpaired) electrons. The number of rotatable bonds is 15. The summed E-state index contributed by atoms with van der Waals surface area (Å²) in [5.41, 5.74) is 0. The maximum Gasteiger partial charge on any atom is -0.0351 e. The molecule has 0 saturated heterocycles. The minimum Gasteiger partial charge on any atom is -0.0885 e. The molecular weight excluding hydrogens is 240 g/mol. The quantitative estimate of drug-likeness (QED) is 0.214. The Morgan fingerprint density at radius 2 is 0.700 bits per heavy atom. The maximum absolute atomic E-state index is 2.39. The third-order valence-electron chi connectivity index (χ3n) is 3.77. The minimum atomic E-state index is 1.28. The van der Waals surface area contributed by atoms with Crippen LogP contribution in [0.15, 0.2) is 24.3 Å². The second kappa shape index (κ2) is 18.5. The Morgan fingerprint density at radius 3 is 1.00 bits per heavy atom. The predicted octanol–water partition coefficient (Wildman–Crippen LogP) is 7.60. The molecule has 20 heavy (non-hydrogen) atoms. The van der Waals surface area contributed by atoms with Gasteiger partial charge in [0.15, 0.2) is 0 Å². The van der Waals surface area contributed by atoms with Gasteiger partial charge in [-0.25, -0.2) is 0 Å². The van der Waals surface area contributed by atoms with Crippen molar-refractivity contribution in [3.8, 4) is 0 Å². The van der Waals surface area contributed by atoms with Crippen LogP contribution < -0.4 is 0 Å². The van der Waals surface area contributed by atoms with Crippen LogP contribution in [0.3, 0.4) is 0 Å². The lowest BCUT2D eigenvalue weighted by molar-refractivity contribution is 0.671. The molecule has 0 bridgehead atoms. The van der Waals surface area contributed by atoms with Crippen molar-refractivity contribution in [2.45, 2.75) is 104 Å². The van der Waals surface area contributed by atoms with Gasteiger partial charge in [-0.2, -0.15) is 0 Å². The van der Waals surface area contributed by atoms with Gasteiger partial charge in [-0.1, -0.05) is 76.7 Å². The summed E-state index contributed by atoms with van der Waals surface area (Å²) in [7, 11) is 0.